The molecule has 0 unspecified atom stereocenters. The highest BCUT2D eigenvalue weighted by Crippen LogP contribution is 2.27. The van der Waals surface area contributed by atoms with Gasteiger partial charge in [0.1, 0.15) is 0 Å². The predicted octanol–water partition coefficient (Wildman–Crippen LogP) is 1.03. The molecule has 1 saturated carbocycles. The van der Waals surface area contributed by atoms with Gasteiger partial charge in [-0.2, -0.15) is 0 Å². The van der Waals surface area contributed by atoms with Crippen LogP contribution in [0.3, 0.4) is 0 Å². The number of rotatable bonds is 5. The van der Waals surface area contributed by atoms with E-state index in [1.54, 1.807) is 0 Å². The molecule has 0 saturated heterocycles. The molecule has 0 spiro atoms. The summed E-state index contributed by atoms with van der Waals surface area (Å²) in [5.41, 5.74) is 5.35. The van der Waals surface area contributed by atoms with Gasteiger partial charge >= 0.3 is 0 Å². The van der Waals surface area contributed by atoms with E-state index in [2.05, 4.69) is 5.32 Å². The summed E-state index contributed by atoms with van der Waals surface area (Å²) in [5.74, 6) is 0.155. The second kappa shape index (κ2) is 4.09. The monoisotopic (exact) mass is 184 g/mol. The average Bonchev–Trinajstić information content (AvgIpc) is 2.92. The minimum atomic E-state index is -0.317. The highest BCUT2D eigenvalue weighted by Gasteiger charge is 2.36. The quantitative estimate of drug-likeness (QED) is 0.670. The molecule has 3 heteroatoms. The van der Waals surface area contributed by atoms with Crippen molar-refractivity contribution in [1.82, 2.24) is 5.32 Å². The smallest absolute Gasteiger partial charge is 0.227 e. The Labute approximate surface area is 80.1 Å². The Bertz CT molecular complexity index is 175. The topological polar surface area (TPSA) is 55.1 Å². The first-order valence-corrected chi connectivity index (χ1v) is 5.19. The molecule has 76 valence electrons. The number of carbonyl (C=O) groups excluding carboxylic acids is 1. The summed E-state index contributed by atoms with van der Waals surface area (Å²) >= 11 is 0. The first-order valence-electron chi connectivity index (χ1n) is 5.19. The van der Waals surface area contributed by atoms with Crippen LogP contribution < -0.4 is 11.1 Å². The summed E-state index contributed by atoms with van der Waals surface area (Å²) in [6, 6.07) is 0.441. The predicted molar refractivity (Wildman–Crippen MR) is 53.2 cm³/mol. The molecule has 0 aromatic carbocycles. The van der Waals surface area contributed by atoms with Crippen LogP contribution in [-0.2, 0) is 4.79 Å². The number of nitrogens with one attached hydrogen (secondary N) is 1. The molecule has 1 amide bonds. The lowest BCUT2D eigenvalue weighted by Crippen LogP contribution is -2.46. The van der Waals surface area contributed by atoms with Crippen LogP contribution in [-0.4, -0.2) is 18.5 Å². The van der Waals surface area contributed by atoms with Gasteiger partial charge in [0.25, 0.3) is 0 Å². The van der Waals surface area contributed by atoms with Gasteiger partial charge in [0.15, 0.2) is 0 Å². The molecule has 0 radical (unpaired) electrons. The zero-order chi connectivity index (χ0) is 9.90. The van der Waals surface area contributed by atoms with Gasteiger partial charge in [0.05, 0.1) is 5.41 Å². The number of hydrogen-bond acceptors (Lipinski definition) is 2. The number of carbonyl (C=O) groups is 1. The Morgan fingerprint density at radius 1 is 1.46 bits per heavy atom. The summed E-state index contributed by atoms with van der Waals surface area (Å²) < 4.78 is 0. The summed E-state index contributed by atoms with van der Waals surface area (Å²) in [7, 11) is 0. The Morgan fingerprint density at radius 2 is 2.00 bits per heavy atom. The molecular weight excluding hydrogens is 164 g/mol. The molecule has 1 rings (SSSR count). The largest absolute Gasteiger partial charge is 0.353 e. The number of hydrogen-bond donors (Lipinski definition) is 2. The third kappa shape index (κ3) is 2.21. The van der Waals surface area contributed by atoms with Gasteiger partial charge in [0, 0.05) is 12.6 Å². The minimum Gasteiger partial charge on any atom is -0.353 e. The van der Waals surface area contributed by atoms with E-state index < -0.39 is 0 Å². The van der Waals surface area contributed by atoms with Crippen LogP contribution in [0.1, 0.15) is 39.5 Å². The molecular formula is C10H20N2O. The third-order valence-electron chi connectivity index (χ3n) is 3.14. The molecule has 0 atom stereocenters. The Kier molecular flexibility index (Phi) is 3.31. The molecule has 0 aliphatic heterocycles. The summed E-state index contributed by atoms with van der Waals surface area (Å²) in [4.78, 5) is 11.8. The lowest BCUT2D eigenvalue weighted by molar-refractivity contribution is -0.131. The first kappa shape index (κ1) is 10.5. The maximum atomic E-state index is 11.8. The van der Waals surface area contributed by atoms with Crippen molar-refractivity contribution < 1.29 is 4.79 Å². The lowest BCUT2D eigenvalue weighted by Gasteiger charge is -2.28. The van der Waals surface area contributed by atoms with Crippen molar-refractivity contribution in [3.8, 4) is 0 Å². The standard InChI is InChI=1S/C10H20N2O/c1-3-10(4-2,7-11)9(13)12-8-5-6-8/h8H,3-7,11H2,1-2H3,(H,12,13). The third-order valence-corrected chi connectivity index (χ3v) is 3.14. The normalized spacial score (nSPS) is 17.2. The fourth-order valence-corrected chi connectivity index (χ4v) is 1.52. The molecule has 13 heavy (non-hydrogen) atoms. The average molecular weight is 184 g/mol. The van der Waals surface area contributed by atoms with Crippen LogP contribution in [0.4, 0.5) is 0 Å². The van der Waals surface area contributed by atoms with Crippen LogP contribution in [0, 0.1) is 5.41 Å². The molecule has 1 aliphatic rings. The zero-order valence-electron chi connectivity index (χ0n) is 8.60. The van der Waals surface area contributed by atoms with Gasteiger partial charge in [-0.15, -0.1) is 0 Å². The lowest BCUT2D eigenvalue weighted by atomic mass is 9.81. The van der Waals surface area contributed by atoms with Gasteiger partial charge in [0.2, 0.25) is 5.91 Å². The molecule has 0 aromatic rings. The molecule has 3 nitrogen and oxygen atoms in total. The molecule has 0 heterocycles. The van der Waals surface area contributed by atoms with Crippen LogP contribution in [0.15, 0.2) is 0 Å². The first-order chi connectivity index (χ1) is 6.18. The van der Waals surface area contributed by atoms with Crippen molar-refractivity contribution in [3.05, 3.63) is 0 Å². The molecule has 1 aliphatic carbocycles. The van der Waals surface area contributed by atoms with Crippen molar-refractivity contribution in [3.63, 3.8) is 0 Å². The van der Waals surface area contributed by atoms with Crippen LogP contribution >= 0.6 is 0 Å². The zero-order valence-corrected chi connectivity index (χ0v) is 8.60. The maximum absolute atomic E-state index is 11.8. The van der Waals surface area contributed by atoms with Gasteiger partial charge in [-0.05, 0) is 25.7 Å². The van der Waals surface area contributed by atoms with E-state index in [4.69, 9.17) is 5.73 Å². The summed E-state index contributed by atoms with van der Waals surface area (Å²) in [5, 5.41) is 3.03. The van der Waals surface area contributed by atoms with Crippen molar-refractivity contribution in [2.75, 3.05) is 6.54 Å². The fraction of sp³-hybridized carbons (Fsp3) is 0.900. The molecule has 0 bridgehead atoms. The van der Waals surface area contributed by atoms with Gasteiger partial charge < -0.3 is 11.1 Å². The van der Waals surface area contributed by atoms with Gasteiger partial charge in [-0.3, -0.25) is 4.79 Å². The Hall–Kier alpha value is -0.570. The van der Waals surface area contributed by atoms with Crippen LogP contribution in [0.25, 0.3) is 0 Å². The van der Waals surface area contributed by atoms with Crippen molar-refractivity contribution in [2.24, 2.45) is 11.1 Å². The van der Waals surface area contributed by atoms with E-state index in [0.29, 0.717) is 12.6 Å². The van der Waals surface area contributed by atoms with E-state index in [9.17, 15) is 4.79 Å². The highest BCUT2D eigenvalue weighted by molar-refractivity contribution is 5.83. The molecule has 0 aromatic heterocycles. The second-order valence-electron chi connectivity index (χ2n) is 3.94. The number of nitrogens with two attached hydrogens (primary N) is 1. The summed E-state index contributed by atoms with van der Waals surface area (Å²) in [6.07, 6.45) is 3.94. The SMILES string of the molecule is CCC(CC)(CN)C(=O)NC1CC1. The van der Waals surface area contributed by atoms with E-state index in [1.807, 2.05) is 13.8 Å². The number of amides is 1. The minimum absolute atomic E-state index is 0.155. The van der Waals surface area contributed by atoms with Crippen molar-refractivity contribution >= 4 is 5.91 Å². The van der Waals surface area contributed by atoms with Crippen LogP contribution in [0.5, 0.6) is 0 Å². The molecule has 1 fully saturated rings. The van der Waals surface area contributed by atoms with E-state index in [-0.39, 0.29) is 11.3 Å². The van der Waals surface area contributed by atoms with Crippen LogP contribution in [0.2, 0.25) is 0 Å². The van der Waals surface area contributed by atoms with Gasteiger partial charge in [-0.1, -0.05) is 13.8 Å². The van der Waals surface area contributed by atoms with E-state index in [0.717, 1.165) is 25.7 Å². The Balaban J connectivity index is 2.55. The van der Waals surface area contributed by atoms with Crippen molar-refractivity contribution in [1.29, 1.82) is 0 Å². The second-order valence-corrected chi connectivity index (χ2v) is 3.94. The fourth-order valence-electron chi connectivity index (χ4n) is 1.52. The maximum Gasteiger partial charge on any atom is 0.227 e. The van der Waals surface area contributed by atoms with Crippen molar-refractivity contribution in [2.45, 2.75) is 45.6 Å². The summed E-state index contributed by atoms with van der Waals surface area (Å²) in [6.45, 7) is 4.52. The highest BCUT2D eigenvalue weighted by atomic mass is 16.2. The van der Waals surface area contributed by atoms with E-state index in [1.165, 1.54) is 0 Å². The van der Waals surface area contributed by atoms with E-state index >= 15 is 0 Å². The Morgan fingerprint density at radius 3 is 2.31 bits per heavy atom. The van der Waals surface area contributed by atoms with Gasteiger partial charge in [-0.25, -0.2) is 0 Å². The molecule has 3 N–H and O–H groups in total.